The topological polar surface area (TPSA) is 58.4 Å². The van der Waals surface area contributed by atoms with Gasteiger partial charge < -0.3 is 9.73 Å². The molecule has 0 bridgehead atoms. The molecule has 0 atom stereocenters. The van der Waals surface area contributed by atoms with Crippen LogP contribution in [-0.4, -0.2) is 29.4 Å². The molecule has 0 fully saturated rings. The number of nitrogens with one attached hydrogen (secondary N) is 1. The number of aryl methyl sites for hydroxylation is 3. The third-order valence-corrected chi connectivity index (χ3v) is 4.41. The molecule has 1 aromatic heterocycles. The van der Waals surface area contributed by atoms with Crippen LogP contribution in [0, 0.1) is 26.6 Å². The van der Waals surface area contributed by atoms with Crippen molar-refractivity contribution in [1.29, 1.82) is 0 Å². The Morgan fingerprint density at radius 2 is 1.89 bits per heavy atom. The molecule has 1 amide bonds. The van der Waals surface area contributed by atoms with Gasteiger partial charge in [-0.25, -0.2) is 9.37 Å². The first kappa shape index (κ1) is 19.8. The average molecular weight is 381 g/mol. The predicted molar refractivity (Wildman–Crippen MR) is 108 cm³/mol. The van der Waals surface area contributed by atoms with Crippen molar-refractivity contribution >= 4 is 11.6 Å². The molecule has 2 aromatic carbocycles. The van der Waals surface area contributed by atoms with E-state index in [0.29, 0.717) is 23.7 Å². The second kappa shape index (κ2) is 8.35. The van der Waals surface area contributed by atoms with Crippen LogP contribution in [0.4, 0.5) is 10.1 Å². The fourth-order valence-corrected chi connectivity index (χ4v) is 3.27. The van der Waals surface area contributed by atoms with Crippen LogP contribution in [0.25, 0.3) is 11.5 Å². The number of nitrogens with zero attached hydrogens (tertiary/aromatic N) is 2. The van der Waals surface area contributed by atoms with Gasteiger partial charge in [0.05, 0.1) is 12.2 Å². The fraction of sp³-hybridized carbons (Fsp3) is 0.273. The van der Waals surface area contributed by atoms with Gasteiger partial charge in [-0.15, -0.1) is 0 Å². The molecule has 0 aliphatic carbocycles. The molecule has 0 aliphatic heterocycles. The van der Waals surface area contributed by atoms with Gasteiger partial charge >= 0.3 is 0 Å². The van der Waals surface area contributed by atoms with Crippen LogP contribution in [0.15, 0.2) is 47.1 Å². The van der Waals surface area contributed by atoms with Crippen LogP contribution < -0.4 is 5.32 Å². The number of oxazole rings is 1. The summed E-state index contributed by atoms with van der Waals surface area (Å²) in [5.74, 6) is -0.0719. The van der Waals surface area contributed by atoms with E-state index in [1.165, 1.54) is 24.0 Å². The van der Waals surface area contributed by atoms with Gasteiger partial charge in [-0.1, -0.05) is 23.8 Å². The highest BCUT2D eigenvalue weighted by Crippen LogP contribution is 2.22. The zero-order chi connectivity index (χ0) is 20.3. The predicted octanol–water partition coefficient (Wildman–Crippen LogP) is 4.48. The molecule has 1 heterocycles. The normalized spacial score (nSPS) is 11.1. The number of rotatable bonds is 6. The van der Waals surface area contributed by atoms with E-state index < -0.39 is 0 Å². The Morgan fingerprint density at radius 3 is 2.57 bits per heavy atom. The lowest BCUT2D eigenvalue weighted by Gasteiger charge is -2.17. The molecule has 0 spiro atoms. The zero-order valence-electron chi connectivity index (χ0n) is 16.5. The van der Waals surface area contributed by atoms with Crippen LogP contribution in [0.1, 0.15) is 22.4 Å². The van der Waals surface area contributed by atoms with E-state index in [-0.39, 0.29) is 18.3 Å². The summed E-state index contributed by atoms with van der Waals surface area (Å²) in [5, 5.41) is 2.99. The highest BCUT2D eigenvalue weighted by atomic mass is 19.1. The average Bonchev–Trinajstić information content (AvgIpc) is 3.06. The van der Waals surface area contributed by atoms with E-state index in [0.717, 1.165) is 16.8 Å². The monoisotopic (exact) mass is 381 g/mol. The smallest absolute Gasteiger partial charge is 0.238 e. The molecular weight excluding hydrogens is 357 g/mol. The standard InChI is InChI=1S/C22H24FN3O2/c1-14-8-15(2)21(16(3)9-14)25-20(27)12-26(4)11-19-13-28-22(24-19)17-6-5-7-18(23)10-17/h5-10,13H,11-12H2,1-4H3,(H,25,27). The van der Waals surface area contributed by atoms with Crippen molar-refractivity contribution in [3.63, 3.8) is 0 Å². The van der Waals surface area contributed by atoms with Crippen LogP contribution in [0.5, 0.6) is 0 Å². The molecule has 0 saturated heterocycles. The number of carbonyl (C=O) groups excluding carboxylic acids is 1. The Hall–Kier alpha value is -2.99. The minimum atomic E-state index is -0.340. The molecule has 0 saturated carbocycles. The summed E-state index contributed by atoms with van der Waals surface area (Å²) in [5.41, 5.74) is 5.38. The van der Waals surface area contributed by atoms with E-state index in [9.17, 15) is 9.18 Å². The first-order chi connectivity index (χ1) is 13.3. The Labute approximate surface area is 164 Å². The Morgan fingerprint density at radius 1 is 1.18 bits per heavy atom. The summed E-state index contributed by atoms with van der Waals surface area (Å²) in [6.45, 7) is 6.67. The quantitative estimate of drug-likeness (QED) is 0.684. The highest BCUT2D eigenvalue weighted by Gasteiger charge is 2.13. The summed E-state index contributed by atoms with van der Waals surface area (Å²) in [4.78, 5) is 18.7. The Balaban J connectivity index is 1.60. The number of hydrogen-bond donors (Lipinski definition) is 1. The van der Waals surface area contributed by atoms with Gasteiger partial charge in [-0.3, -0.25) is 9.69 Å². The molecular formula is C22H24FN3O2. The molecule has 5 nitrogen and oxygen atoms in total. The molecule has 3 aromatic rings. The number of benzene rings is 2. The number of halogens is 1. The summed E-state index contributed by atoms with van der Waals surface area (Å²) >= 11 is 0. The molecule has 0 radical (unpaired) electrons. The molecule has 0 aliphatic rings. The number of likely N-dealkylation sites (N-methyl/N-ethyl adjacent to an activating group) is 1. The van der Waals surface area contributed by atoms with Gasteiger partial charge in [0.2, 0.25) is 11.8 Å². The maximum atomic E-state index is 13.3. The van der Waals surface area contributed by atoms with E-state index in [2.05, 4.69) is 22.4 Å². The maximum absolute atomic E-state index is 13.3. The minimum absolute atomic E-state index is 0.0913. The van der Waals surface area contributed by atoms with Crippen molar-refractivity contribution in [1.82, 2.24) is 9.88 Å². The van der Waals surface area contributed by atoms with Gasteiger partial charge in [0.15, 0.2) is 0 Å². The van der Waals surface area contributed by atoms with Crippen molar-refractivity contribution in [2.75, 3.05) is 18.9 Å². The lowest BCUT2D eigenvalue weighted by atomic mass is 10.1. The number of amides is 1. The fourth-order valence-electron chi connectivity index (χ4n) is 3.27. The number of hydrogen-bond acceptors (Lipinski definition) is 4. The summed E-state index contributed by atoms with van der Waals surface area (Å²) < 4.78 is 18.8. The number of anilines is 1. The Bertz CT molecular complexity index is 974. The summed E-state index contributed by atoms with van der Waals surface area (Å²) in [6, 6.07) is 10.2. The maximum Gasteiger partial charge on any atom is 0.238 e. The van der Waals surface area contributed by atoms with Gasteiger partial charge in [-0.2, -0.15) is 0 Å². The third kappa shape index (κ3) is 4.84. The lowest BCUT2D eigenvalue weighted by Crippen LogP contribution is -2.30. The zero-order valence-corrected chi connectivity index (χ0v) is 16.5. The van der Waals surface area contributed by atoms with E-state index in [4.69, 9.17) is 4.42 Å². The van der Waals surface area contributed by atoms with Gasteiger partial charge in [0, 0.05) is 17.8 Å². The molecule has 3 rings (SSSR count). The van der Waals surface area contributed by atoms with Gasteiger partial charge in [0.25, 0.3) is 0 Å². The highest BCUT2D eigenvalue weighted by molar-refractivity contribution is 5.93. The summed E-state index contributed by atoms with van der Waals surface area (Å²) in [6.07, 6.45) is 1.53. The minimum Gasteiger partial charge on any atom is -0.444 e. The first-order valence-corrected chi connectivity index (χ1v) is 9.08. The number of aromatic nitrogens is 1. The van der Waals surface area contributed by atoms with E-state index in [1.54, 1.807) is 12.1 Å². The second-order valence-corrected chi connectivity index (χ2v) is 7.15. The van der Waals surface area contributed by atoms with Gasteiger partial charge in [-0.05, 0) is 57.1 Å². The summed E-state index contributed by atoms with van der Waals surface area (Å²) in [7, 11) is 1.84. The van der Waals surface area contributed by atoms with Crippen molar-refractivity contribution in [2.24, 2.45) is 0 Å². The van der Waals surface area contributed by atoms with Crippen molar-refractivity contribution in [2.45, 2.75) is 27.3 Å². The van der Waals surface area contributed by atoms with Crippen LogP contribution in [-0.2, 0) is 11.3 Å². The SMILES string of the molecule is Cc1cc(C)c(NC(=O)CN(C)Cc2coc(-c3cccc(F)c3)n2)c(C)c1. The van der Waals surface area contributed by atoms with Gasteiger partial charge in [0.1, 0.15) is 12.1 Å². The first-order valence-electron chi connectivity index (χ1n) is 9.08. The van der Waals surface area contributed by atoms with Crippen molar-refractivity contribution in [3.05, 3.63) is 70.9 Å². The van der Waals surface area contributed by atoms with Crippen LogP contribution >= 0.6 is 0 Å². The van der Waals surface area contributed by atoms with Crippen LogP contribution in [0.2, 0.25) is 0 Å². The molecule has 6 heteroatoms. The largest absolute Gasteiger partial charge is 0.444 e. The lowest BCUT2D eigenvalue weighted by molar-refractivity contribution is -0.117. The molecule has 1 N–H and O–H groups in total. The van der Waals surface area contributed by atoms with Crippen molar-refractivity contribution < 1.29 is 13.6 Å². The van der Waals surface area contributed by atoms with Crippen LogP contribution in [0.3, 0.4) is 0 Å². The second-order valence-electron chi connectivity index (χ2n) is 7.15. The van der Waals surface area contributed by atoms with E-state index >= 15 is 0 Å². The van der Waals surface area contributed by atoms with Crippen molar-refractivity contribution in [3.8, 4) is 11.5 Å². The Kier molecular flexibility index (Phi) is 5.90. The molecule has 146 valence electrons. The van der Waals surface area contributed by atoms with E-state index in [1.807, 2.05) is 32.7 Å². The molecule has 28 heavy (non-hydrogen) atoms. The molecule has 0 unspecified atom stereocenters. The third-order valence-electron chi connectivity index (χ3n) is 4.41. The number of carbonyl (C=O) groups is 1.